The van der Waals surface area contributed by atoms with Crippen LogP contribution in [0.15, 0.2) is 30.3 Å². The average Bonchev–Trinajstić information content (AvgIpc) is 2.40. The Balaban J connectivity index is 1.97. The van der Waals surface area contributed by atoms with Crippen molar-refractivity contribution in [3.05, 3.63) is 30.3 Å². The van der Waals surface area contributed by atoms with Crippen molar-refractivity contribution in [2.45, 2.75) is 6.42 Å². The van der Waals surface area contributed by atoms with Crippen molar-refractivity contribution in [3.8, 4) is 5.75 Å². The monoisotopic (exact) mass is 268 g/mol. The van der Waals surface area contributed by atoms with Crippen molar-refractivity contribution in [2.75, 3.05) is 33.4 Å². The Morgan fingerprint density at radius 2 is 1.83 bits per heavy atom. The summed E-state index contributed by atoms with van der Waals surface area (Å²) in [4.78, 5) is 0. The van der Waals surface area contributed by atoms with Crippen molar-refractivity contribution < 1.29 is 9.47 Å². The molecule has 1 aromatic rings. The quantitative estimate of drug-likeness (QED) is 0.553. The third-order valence-electron chi connectivity index (χ3n) is 2.21. The molecule has 0 aliphatic heterocycles. The Kier molecular flexibility index (Phi) is 7.92. The van der Waals surface area contributed by atoms with E-state index in [1.807, 2.05) is 30.3 Å². The van der Waals surface area contributed by atoms with E-state index in [-0.39, 0.29) is 0 Å². The fourth-order valence-corrected chi connectivity index (χ4v) is 1.51. The number of para-hydroxylation sites is 1. The molecule has 5 heteroatoms. The molecule has 0 aromatic heterocycles. The summed E-state index contributed by atoms with van der Waals surface area (Å²) in [5.41, 5.74) is 0. The van der Waals surface area contributed by atoms with Gasteiger partial charge in [0.2, 0.25) is 0 Å². The summed E-state index contributed by atoms with van der Waals surface area (Å²) in [5, 5.41) is 6.82. The molecule has 0 atom stereocenters. The molecule has 0 heterocycles. The van der Waals surface area contributed by atoms with Crippen LogP contribution in [0, 0.1) is 0 Å². The van der Waals surface area contributed by atoms with Crippen LogP contribution in [0.4, 0.5) is 0 Å². The van der Waals surface area contributed by atoms with Crippen molar-refractivity contribution in [2.24, 2.45) is 0 Å². The van der Waals surface area contributed by atoms with Gasteiger partial charge >= 0.3 is 0 Å². The summed E-state index contributed by atoms with van der Waals surface area (Å²) in [6.07, 6.45) is 0.904. The van der Waals surface area contributed by atoms with E-state index in [4.69, 9.17) is 21.7 Å². The molecular formula is C13H20N2O2S. The predicted octanol–water partition coefficient (Wildman–Crippen LogP) is 1.57. The van der Waals surface area contributed by atoms with E-state index >= 15 is 0 Å². The molecular weight excluding hydrogens is 248 g/mol. The number of hydrogen-bond acceptors (Lipinski definition) is 3. The van der Waals surface area contributed by atoms with Gasteiger partial charge in [0.1, 0.15) is 5.75 Å². The van der Waals surface area contributed by atoms with Gasteiger partial charge in [0, 0.05) is 20.2 Å². The van der Waals surface area contributed by atoms with Gasteiger partial charge in [-0.25, -0.2) is 0 Å². The molecule has 100 valence electrons. The third kappa shape index (κ3) is 7.09. The first-order chi connectivity index (χ1) is 8.83. The van der Waals surface area contributed by atoms with E-state index in [0.717, 1.165) is 25.3 Å². The van der Waals surface area contributed by atoms with Crippen LogP contribution in [0.1, 0.15) is 6.42 Å². The Labute approximate surface area is 114 Å². The number of ether oxygens (including phenoxy) is 2. The van der Waals surface area contributed by atoms with E-state index in [1.165, 1.54) is 0 Å². The highest BCUT2D eigenvalue weighted by molar-refractivity contribution is 7.80. The number of hydrogen-bond donors (Lipinski definition) is 2. The third-order valence-corrected chi connectivity index (χ3v) is 2.50. The average molecular weight is 268 g/mol. The normalized spacial score (nSPS) is 9.83. The highest BCUT2D eigenvalue weighted by Crippen LogP contribution is 2.07. The van der Waals surface area contributed by atoms with Crippen LogP contribution in [0.25, 0.3) is 0 Å². The van der Waals surface area contributed by atoms with Crippen molar-refractivity contribution in [3.63, 3.8) is 0 Å². The maximum absolute atomic E-state index is 5.56. The first-order valence-corrected chi connectivity index (χ1v) is 6.42. The number of benzene rings is 1. The Hall–Kier alpha value is -1.33. The van der Waals surface area contributed by atoms with Gasteiger partial charge in [0.05, 0.1) is 13.2 Å². The molecule has 4 nitrogen and oxygen atoms in total. The van der Waals surface area contributed by atoms with Crippen molar-refractivity contribution in [1.82, 2.24) is 10.6 Å². The number of thiocarbonyl (C=S) groups is 1. The second kappa shape index (κ2) is 9.67. The van der Waals surface area contributed by atoms with Crippen molar-refractivity contribution >= 4 is 17.3 Å². The lowest BCUT2D eigenvalue weighted by Crippen LogP contribution is -2.37. The van der Waals surface area contributed by atoms with Crippen molar-refractivity contribution in [1.29, 1.82) is 0 Å². The zero-order chi connectivity index (χ0) is 13.1. The first-order valence-electron chi connectivity index (χ1n) is 6.01. The van der Waals surface area contributed by atoms with Crippen LogP contribution in [-0.2, 0) is 4.74 Å². The van der Waals surface area contributed by atoms with Gasteiger partial charge in [0.25, 0.3) is 0 Å². The maximum Gasteiger partial charge on any atom is 0.166 e. The van der Waals surface area contributed by atoms with E-state index in [2.05, 4.69) is 10.6 Å². The second-order valence-corrected chi connectivity index (χ2v) is 4.10. The molecule has 0 saturated heterocycles. The molecule has 18 heavy (non-hydrogen) atoms. The SMILES string of the molecule is COCCNC(=S)NCCCOc1ccccc1. The molecule has 0 radical (unpaired) electrons. The van der Waals surface area contributed by atoms with Gasteiger partial charge in [-0.15, -0.1) is 0 Å². The van der Waals surface area contributed by atoms with Crippen LogP contribution in [0.5, 0.6) is 5.75 Å². The van der Waals surface area contributed by atoms with Crippen LogP contribution in [0.3, 0.4) is 0 Å². The summed E-state index contributed by atoms with van der Waals surface area (Å²) in [5.74, 6) is 0.901. The minimum Gasteiger partial charge on any atom is -0.494 e. The van der Waals surface area contributed by atoms with Crippen LogP contribution < -0.4 is 15.4 Å². The molecule has 0 aliphatic carbocycles. The molecule has 1 rings (SSSR count). The molecule has 0 aliphatic rings. The van der Waals surface area contributed by atoms with Gasteiger partial charge in [-0.05, 0) is 30.8 Å². The lowest BCUT2D eigenvalue weighted by molar-refractivity contribution is 0.204. The second-order valence-electron chi connectivity index (χ2n) is 3.69. The number of nitrogens with one attached hydrogen (secondary N) is 2. The van der Waals surface area contributed by atoms with Gasteiger partial charge in [0.15, 0.2) is 5.11 Å². The summed E-state index contributed by atoms with van der Waals surface area (Å²) in [6.45, 7) is 2.85. The van der Waals surface area contributed by atoms with E-state index in [0.29, 0.717) is 18.3 Å². The van der Waals surface area contributed by atoms with E-state index in [1.54, 1.807) is 7.11 Å². The minimum absolute atomic E-state index is 0.652. The lowest BCUT2D eigenvalue weighted by Gasteiger charge is -2.10. The summed E-state index contributed by atoms with van der Waals surface area (Å²) in [6, 6.07) is 9.79. The summed E-state index contributed by atoms with van der Waals surface area (Å²) >= 11 is 5.09. The summed E-state index contributed by atoms with van der Waals surface area (Å²) < 4.78 is 10.5. The molecule has 0 fully saturated rings. The Bertz CT molecular complexity index is 333. The minimum atomic E-state index is 0.652. The zero-order valence-corrected chi connectivity index (χ0v) is 11.5. The highest BCUT2D eigenvalue weighted by atomic mass is 32.1. The fourth-order valence-electron chi connectivity index (χ4n) is 1.31. The van der Waals surface area contributed by atoms with Gasteiger partial charge in [-0.2, -0.15) is 0 Å². The molecule has 0 unspecified atom stereocenters. The highest BCUT2D eigenvalue weighted by Gasteiger charge is 1.95. The van der Waals surface area contributed by atoms with Crippen LogP contribution >= 0.6 is 12.2 Å². The zero-order valence-electron chi connectivity index (χ0n) is 10.6. The Morgan fingerprint density at radius 3 is 2.56 bits per heavy atom. The molecule has 0 saturated carbocycles. The van der Waals surface area contributed by atoms with E-state index in [9.17, 15) is 0 Å². The van der Waals surface area contributed by atoms with Crippen LogP contribution in [-0.4, -0.2) is 38.5 Å². The number of rotatable bonds is 8. The maximum atomic E-state index is 5.56. The first kappa shape index (κ1) is 14.7. The Morgan fingerprint density at radius 1 is 1.11 bits per heavy atom. The largest absolute Gasteiger partial charge is 0.494 e. The van der Waals surface area contributed by atoms with Crippen LogP contribution in [0.2, 0.25) is 0 Å². The van der Waals surface area contributed by atoms with Gasteiger partial charge in [-0.3, -0.25) is 0 Å². The van der Waals surface area contributed by atoms with Gasteiger partial charge in [-0.1, -0.05) is 18.2 Å². The lowest BCUT2D eigenvalue weighted by atomic mass is 10.3. The fraction of sp³-hybridized carbons (Fsp3) is 0.462. The predicted molar refractivity (Wildman–Crippen MR) is 77.0 cm³/mol. The van der Waals surface area contributed by atoms with Gasteiger partial charge < -0.3 is 20.1 Å². The molecule has 1 aromatic carbocycles. The molecule has 2 N–H and O–H groups in total. The summed E-state index contributed by atoms with van der Waals surface area (Å²) in [7, 11) is 1.67. The topological polar surface area (TPSA) is 42.5 Å². The molecule has 0 spiro atoms. The molecule has 0 amide bonds. The number of methoxy groups -OCH3 is 1. The smallest absolute Gasteiger partial charge is 0.166 e. The standard InChI is InChI=1S/C13H20N2O2S/c1-16-11-9-15-13(18)14-8-5-10-17-12-6-3-2-4-7-12/h2-4,6-7H,5,8-11H2,1H3,(H2,14,15,18). The van der Waals surface area contributed by atoms with E-state index < -0.39 is 0 Å². The molecule has 0 bridgehead atoms.